The number of thiophene rings is 1. The van der Waals surface area contributed by atoms with Crippen LogP contribution in [-0.4, -0.2) is 82.1 Å². The van der Waals surface area contributed by atoms with Gasteiger partial charge in [-0.15, -0.1) is 11.3 Å². The van der Waals surface area contributed by atoms with Crippen molar-refractivity contribution >= 4 is 35.0 Å². The molecule has 13 nitrogen and oxygen atoms in total. The zero-order chi connectivity index (χ0) is 44.8. The fourth-order valence-corrected chi connectivity index (χ4v) is 11.6. The molecule has 11 unspecified atom stereocenters. The maximum Gasteiger partial charge on any atom is 0.246 e. The first-order valence-corrected chi connectivity index (χ1v) is 23.6. The summed E-state index contributed by atoms with van der Waals surface area (Å²) in [4.78, 5) is 69.3. The summed E-state index contributed by atoms with van der Waals surface area (Å²) in [5.41, 5.74) is 3.52. The third kappa shape index (κ3) is 9.35. The van der Waals surface area contributed by atoms with E-state index in [-0.39, 0.29) is 73.9 Å². The Bertz CT molecular complexity index is 2160. The van der Waals surface area contributed by atoms with Gasteiger partial charge in [0.05, 0.1) is 25.0 Å². The number of hydrogen-bond donors (Lipinski definition) is 4. The lowest BCUT2D eigenvalue weighted by atomic mass is 9.57. The summed E-state index contributed by atoms with van der Waals surface area (Å²) in [5, 5.41) is 21.7. The molecule has 1 saturated carbocycles. The van der Waals surface area contributed by atoms with Crippen molar-refractivity contribution < 1.29 is 43.5 Å². The summed E-state index contributed by atoms with van der Waals surface area (Å²) in [5.74, 6) is -1.15. The predicted octanol–water partition coefficient (Wildman–Crippen LogP) is 6.33. The Kier molecular flexibility index (Phi) is 13.0. The topological polar surface area (TPSA) is 165 Å². The van der Waals surface area contributed by atoms with E-state index >= 15 is 0 Å². The fraction of sp³-hybridized carbons (Fsp3) is 0.592. The minimum Gasteiger partial charge on any atom is -0.391 e. The summed E-state index contributed by atoms with van der Waals surface area (Å²) >= 11 is 1.69. The Hall–Kier alpha value is -4.18. The van der Waals surface area contributed by atoms with Crippen LogP contribution < -0.4 is 16.0 Å². The van der Waals surface area contributed by atoms with Crippen LogP contribution in [0.25, 0.3) is 10.4 Å². The highest BCUT2D eigenvalue weighted by Crippen LogP contribution is 2.60. The van der Waals surface area contributed by atoms with E-state index in [1.807, 2.05) is 76.2 Å². The Morgan fingerprint density at radius 2 is 1.57 bits per heavy atom. The molecule has 6 heterocycles. The van der Waals surface area contributed by atoms with Crippen LogP contribution in [0.1, 0.15) is 102 Å². The summed E-state index contributed by atoms with van der Waals surface area (Å²) in [7, 11) is 0. The van der Waals surface area contributed by atoms with Crippen molar-refractivity contribution in [3.8, 4) is 10.4 Å². The number of aliphatic hydroxyl groups is 1. The third-order valence-electron chi connectivity index (χ3n) is 14.4. The molecule has 63 heavy (non-hydrogen) atoms. The third-order valence-corrected chi connectivity index (χ3v) is 15.5. The van der Waals surface area contributed by atoms with Crippen LogP contribution in [0.4, 0.5) is 0 Å². The lowest BCUT2D eigenvalue weighted by Crippen LogP contribution is -2.70. The van der Waals surface area contributed by atoms with Crippen molar-refractivity contribution in [1.29, 1.82) is 0 Å². The van der Waals surface area contributed by atoms with Gasteiger partial charge in [0.1, 0.15) is 12.1 Å². The Balaban J connectivity index is 0.825. The van der Waals surface area contributed by atoms with E-state index in [1.54, 1.807) is 11.3 Å². The molecule has 1 aromatic heterocycles. The summed E-state index contributed by atoms with van der Waals surface area (Å²) in [6.45, 7) is 14.6. The van der Waals surface area contributed by atoms with Gasteiger partial charge in [0.2, 0.25) is 29.4 Å². The molecular formula is C49H64N4O9S. The van der Waals surface area contributed by atoms with Crippen molar-refractivity contribution in [2.45, 2.75) is 148 Å². The molecule has 5 aliphatic heterocycles. The van der Waals surface area contributed by atoms with Crippen LogP contribution >= 0.6 is 11.3 Å². The molecule has 6 aliphatic rings. The predicted molar refractivity (Wildman–Crippen MR) is 237 cm³/mol. The second-order valence-electron chi connectivity index (χ2n) is 20.0. The van der Waals surface area contributed by atoms with E-state index in [9.17, 15) is 24.3 Å². The molecule has 1 aliphatic carbocycles. The number of carbonyl (C=O) groups excluding carboxylic acids is 4. The first kappa shape index (κ1) is 45.4. The first-order chi connectivity index (χ1) is 29.9. The van der Waals surface area contributed by atoms with Gasteiger partial charge in [-0.05, 0) is 95.5 Å². The highest BCUT2D eigenvalue weighted by atomic mass is 32.1. The lowest BCUT2D eigenvalue weighted by Gasteiger charge is -2.60. The number of β-amino-alcohol motifs (C(OH)–C–C–N with tert-alkyl or cyclic N) is 1. The molecule has 2 bridgehead atoms. The van der Waals surface area contributed by atoms with Gasteiger partial charge in [-0.3, -0.25) is 19.2 Å². The van der Waals surface area contributed by atoms with E-state index in [0.717, 1.165) is 47.9 Å². The van der Waals surface area contributed by atoms with E-state index < -0.39 is 47.2 Å². The Labute approximate surface area is 374 Å². The summed E-state index contributed by atoms with van der Waals surface area (Å²) in [6, 6.07) is 15.8. The second-order valence-corrected chi connectivity index (χ2v) is 20.9. The van der Waals surface area contributed by atoms with Crippen LogP contribution in [0, 0.1) is 36.0 Å². The average molecular weight is 885 g/mol. The molecule has 2 aromatic carbocycles. The zero-order valence-corrected chi connectivity index (χ0v) is 38.4. The summed E-state index contributed by atoms with van der Waals surface area (Å²) in [6.07, 6.45) is 2.30. The van der Waals surface area contributed by atoms with Gasteiger partial charge in [0, 0.05) is 43.3 Å². The molecule has 3 aromatic rings. The number of nitrogens with one attached hydrogen (secondary N) is 3. The van der Waals surface area contributed by atoms with Gasteiger partial charge in [0.15, 0.2) is 11.9 Å². The molecule has 4 N–H and O–H groups in total. The molecule has 9 rings (SSSR count). The van der Waals surface area contributed by atoms with Gasteiger partial charge in [-0.2, -0.15) is 0 Å². The Morgan fingerprint density at radius 1 is 0.889 bits per heavy atom. The van der Waals surface area contributed by atoms with Gasteiger partial charge >= 0.3 is 0 Å². The normalized spacial score (nSPS) is 31.7. The molecule has 0 radical (unpaired) electrons. The number of aryl methyl sites for hydroxylation is 1. The highest BCUT2D eigenvalue weighted by molar-refractivity contribution is 7.13. The quantitative estimate of drug-likeness (QED) is 0.152. The first-order valence-electron chi connectivity index (χ1n) is 22.7. The number of aliphatic hydroxyl groups excluding tert-OH is 1. The standard InChI is InChI=1S/C49H64N4O9S/c1-28-8-17-37-30(3)39(59-46-49(37)36(28)18-20-48(7,60-46)61-62-49)24-40(55)50-25-32-11-9-31(10-12-32)22-41(56)52-43(47(4,5)6)45(58)53-27-35(54)23-38(53)44(57)51-26-33-13-15-34(16-14-33)42-29(2)19-21-63-42/h9-16,19,21,28,30,35-39,43,46,54H,8,17-18,20,22-27H2,1-7H3,(H,50,55)(H,51,57)(H,52,56). The molecule has 14 heteroatoms. The van der Waals surface area contributed by atoms with E-state index in [1.165, 1.54) is 15.3 Å². The number of nitrogens with zero attached hydrogens (tertiary/aromatic N) is 1. The van der Waals surface area contributed by atoms with Crippen LogP contribution in [0.2, 0.25) is 0 Å². The number of carbonyl (C=O) groups is 4. The number of amides is 4. The maximum absolute atomic E-state index is 14.1. The molecular weight excluding hydrogens is 821 g/mol. The van der Waals surface area contributed by atoms with Crippen LogP contribution in [0.15, 0.2) is 60.0 Å². The second kappa shape index (κ2) is 18.0. The zero-order valence-electron chi connectivity index (χ0n) is 37.6. The monoisotopic (exact) mass is 884 g/mol. The van der Waals surface area contributed by atoms with Crippen molar-refractivity contribution in [3.05, 3.63) is 82.2 Å². The fourth-order valence-electron chi connectivity index (χ4n) is 10.7. The maximum atomic E-state index is 14.1. The number of hydrogen-bond acceptors (Lipinski definition) is 10. The van der Waals surface area contributed by atoms with E-state index in [2.05, 4.69) is 48.2 Å². The van der Waals surface area contributed by atoms with E-state index in [4.69, 9.17) is 19.2 Å². The highest BCUT2D eigenvalue weighted by Gasteiger charge is 2.69. The number of ether oxygens (including phenoxy) is 2. The number of fused-ring (bicyclic) bond motifs is 2. The lowest BCUT2D eigenvalue weighted by molar-refractivity contribution is -0.570. The molecule has 1 spiro atoms. The molecule has 11 atom stereocenters. The molecule has 4 amide bonds. The van der Waals surface area contributed by atoms with Crippen molar-refractivity contribution in [2.75, 3.05) is 6.54 Å². The van der Waals surface area contributed by atoms with Gasteiger partial charge < -0.3 is 35.4 Å². The molecule has 340 valence electrons. The summed E-state index contributed by atoms with van der Waals surface area (Å²) < 4.78 is 13.1. The number of likely N-dealkylation sites (tertiary alicyclic amines) is 1. The number of rotatable bonds is 12. The minimum atomic E-state index is -0.939. The van der Waals surface area contributed by atoms with E-state index in [0.29, 0.717) is 12.5 Å². The Morgan fingerprint density at radius 3 is 2.25 bits per heavy atom. The van der Waals surface area contributed by atoms with Crippen molar-refractivity contribution in [1.82, 2.24) is 20.9 Å². The minimum absolute atomic E-state index is 0.00126. The number of benzene rings is 2. The van der Waals surface area contributed by atoms with Crippen LogP contribution in [-0.2, 0) is 57.9 Å². The molecule has 5 saturated heterocycles. The van der Waals surface area contributed by atoms with Gasteiger partial charge in [-0.1, -0.05) is 83.1 Å². The average Bonchev–Trinajstić information content (AvgIpc) is 3.79. The largest absolute Gasteiger partial charge is 0.391 e. The van der Waals surface area contributed by atoms with Crippen molar-refractivity contribution in [2.24, 2.45) is 29.1 Å². The van der Waals surface area contributed by atoms with Crippen molar-refractivity contribution in [3.63, 3.8) is 0 Å². The molecule has 6 fully saturated rings. The van der Waals surface area contributed by atoms with Gasteiger partial charge in [0.25, 0.3) is 0 Å². The van der Waals surface area contributed by atoms with Crippen LogP contribution in [0.3, 0.4) is 0 Å². The van der Waals surface area contributed by atoms with Crippen LogP contribution in [0.5, 0.6) is 0 Å². The van der Waals surface area contributed by atoms with Gasteiger partial charge in [-0.25, -0.2) is 9.78 Å². The smallest absolute Gasteiger partial charge is 0.246 e. The SMILES string of the molecule is Cc1ccsc1-c1ccc(CNC(=O)C2CC(O)CN2C(=O)C(NC(=O)Cc2ccc(CNC(=O)CC3OC4OC5(C)CCC6C(C)CCC(C3C)C46OO5)cc2)C(C)(C)C)cc1.